The predicted molar refractivity (Wildman–Crippen MR) is 111 cm³/mol. The second-order valence-electron chi connectivity index (χ2n) is 10.8. The lowest BCUT2D eigenvalue weighted by Crippen LogP contribution is -2.72. The number of ether oxygens (including phenoxy) is 4. The van der Waals surface area contributed by atoms with Crippen LogP contribution in [0.25, 0.3) is 0 Å². The van der Waals surface area contributed by atoms with Crippen LogP contribution in [0.4, 0.5) is 4.79 Å². The summed E-state index contributed by atoms with van der Waals surface area (Å²) in [6, 6.07) is 0. The van der Waals surface area contributed by atoms with Crippen molar-refractivity contribution in [1.29, 1.82) is 0 Å². The minimum absolute atomic E-state index is 0.0696. The third-order valence-electron chi connectivity index (χ3n) is 8.01. The maximum atomic E-state index is 12.8. The van der Waals surface area contributed by atoms with Crippen LogP contribution < -0.4 is 0 Å². The number of epoxide rings is 2. The molecule has 0 aromatic rings. The number of methoxy groups -OCH3 is 1. The summed E-state index contributed by atoms with van der Waals surface area (Å²) in [6.07, 6.45) is 4.29. The van der Waals surface area contributed by atoms with Gasteiger partial charge in [-0.3, -0.25) is 0 Å². The van der Waals surface area contributed by atoms with Gasteiger partial charge >= 0.3 is 6.09 Å². The smallest absolute Gasteiger partial charge is 0.410 e. The van der Waals surface area contributed by atoms with E-state index in [1.54, 1.807) is 7.11 Å². The Morgan fingerprint density at radius 3 is 2.50 bits per heavy atom. The maximum absolute atomic E-state index is 12.8. The van der Waals surface area contributed by atoms with Crippen LogP contribution in [0, 0.1) is 11.3 Å². The Morgan fingerprint density at radius 2 is 1.93 bits per heavy atom. The Hall–Kier alpha value is -1.15. The van der Waals surface area contributed by atoms with Crippen molar-refractivity contribution in [2.45, 2.75) is 69.5 Å². The van der Waals surface area contributed by atoms with E-state index in [1.807, 2.05) is 4.90 Å². The van der Waals surface area contributed by atoms with Crippen molar-refractivity contribution in [1.82, 2.24) is 9.80 Å². The number of carbonyl (C=O) groups is 1. The fourth-order valence-electron chi connectivity index (χ4n) is 6.47. The first-order valence-corrected chi connectivity index (χ1v) is 11.3. The first-order chi connectivity index (χ1) is 14.2. The van der Waals surface area contributed by atoms with Crippen LogP contribution in [0.5, 0.6) is 0 Å². The quantitative estimate of drug-likeness (QED) is 0.503. The molecule has 0 aromatic carbocycles. The van der Waals surface area contributed by atoms with Crippen molar-refractivity contribution in [2.75, 3.05) is 46.9 Å². The van der Waals surface area contributed by atoms with Gasteiger partial charge in [-0.1, -0.05) is 11.6 Å². The molecule has 7 heteroatoms. The van der Waals surface area contributed by atoms with Gasteiger partial charge in [0, 0.05) is 38.7 Å². The normalized spacial score (nSPS) is 43.7. The zero-order valence-electron chi connectivity index (χ0n) is 19.0. The van der Waals surface area contributed by atoms with E-state index < -0.39 is 0 Å². The summed E-state index contributed by atoms with van der Waals surface area (Å²) in [5.74, 6) is 0.0696. The van der Waals surface area contributed by atoms with Gasteiger partial charge in [-0.05, 0) is 47.1 Å². The molecule has 5 aliphatic rings. The molecular formula is C23H36N2O5. The van der Waals surface area contributed by atoms with Crippen LogP contribution in [0.2, 0.25) is 0 Å². The molecule has 5 rings (SSSR count). The SMILES string of the molecule is CO[C@@H]1[C@H](OC(=O)N2CC3(CN(C)C3)C2)CC[C@]2(CO2)[C@H]1[C@@]1(C)O[C@@H]1CC=C(C)C. The molecule has 2 spiro atoms. The molecule has 0 bridgehead atoms. The number of allylic oxidation sites excluding steroid dienone is 1. The van der Waals surface area contributed by atoms with Crippen LogP contribution in [0.3, 0.4) is 0 Å². The summed E-state index contributed by atoms with van der Waals surface area (Å²) in [4.78, 5) is 17.0. The molecule has 0 aromatic heterocycles. The number of rotatable bonds is 5. The highest BCUT2D eigenvalue weighted by Gasteiger charge is 2.72. The minimum Gasteiger partial charge on any atom is -0.443 e. The van der Waals surface area contributed by atoms with Crippen molar-refractivity contribution in [3.05, 3.63) is 11.6 Å². The van der Waals surface area contributed by atoms with E-state index in [0.717, 1.165) is 52.0 Å². The monoisotopic (exact) mass is 420 g/mol. The Kier molecular flexibility index (Phi) is 4.79. The van der Waals surface area contributed by atoms with E-state index in [9.17, 15) is 4.79 Å². The average molecular weight is 421 g/mol. The molecule has 168 valence electrons. The van der Waals surface area contributed by atoms with Gasteiger partial charge in [-0.2, -0.15) is 0 Å². The highest BCUT2D eigenvalue weighted by atomic mass is 16.6. The van der Waals surface area contributed by atoms with Gasteiger partial charge in [-0.25, -0.2) is 4.79 Å². The van der Waals surface area contributed by atoms with Crippen molar-refractivity contribution in [3.63, 3.8) is 0 Å². The zero-order valence-corrected chi connectivity index (χ0v) is 19.0. The standard InChI is InChI=1S/C23H36N2O5/c1-15(2)6-7-17-21(3,30-17)19-18(27-5)16(8-9-23(19)14-28-23)29-20(26)25-12-22(13-25)10-24(4)11-22/h6,16-19H,7-14H2,1-5H3/t16-,17-,18-,19-,21+,23+/m1/s1. The topological polar surface area (TPSA) is 67.1 Å². The van der Waals surface area contributed by atoms with E-state index in [2.05, 4.69) is 38.8 Å². The van der Waals surface area contributed by atoms with Gasteiger partial charge in [0.05, 0.1) is 18.6 Å². The molecule has 1 amide bonds. The molecule has 5 fully saturated rings. The average Bonchev–Trinajstić information content (AvgIpc) is 3.54. The van der Waals surface area contributed by atoms with Gasteiger partial charge in [-0.15, -0.1) is 0 Å². The van der Waals surface area contributed by atoms with E-state index in [0.29, 0.717) is 5.41 Å². The number of carbonyl (C=O) groups excluding carboxylic acids is 1. The molecule has 6 atom stereocenters. The van der Waals surface area contributed by atoms with Crippen molar-refractivity contribution in [3.8, 4) is 0 Å². The lowest BCUT2D eigenvalue weighted by molar-refractivity contribution is -0.137. The van der Waals surface area contributed by atoms with Crippen molar-refractivity contribution < 1.29 is 23.7 Å². The first kappa shape index (κ1) is 20.7. The summed E-state index contributed by atoms with van der Waals surface area (Å²) in [7, 11) is 3.85. The highest BCUT2D eigenvalue weighted by Crippen LogP contribution is 2.59. The second-order valence-corrected chi connectivity index (χ2v) is 10.8. The van der Waals surface area contributed by atoms with E-state index in [1.165, 1.54) is 5.57 Å². The molecule has 0 N–H and O–H groups in total. The third kappa shape index (κ3) is 3.29. The summed E-state index contributed by atoms with van der Waals surface area (Å²) in [6.45, 7) is 10.9. The van der Waals surface area contributed by atoms with Gasteiger partial charge in [0.15, 0.2) is 0 Å². The van der Waals surface area contributed by atoms with E-state index >= 15 is 0 Å². The molecule has 4 saturated heterocycles. The van der Waals surface area contributed by atoms with Gasteiger partial charge in [0.2, 0.25) is 0 Å². The molecule has 4 aliphatic heterocycles. The number of hydrogen-bond donors (Lipinski definition) is 0. The Bertz CT molecular complexity index is 732. The Morgan fingerprint density at radius 1 is 1.23 bits per heavy atom. The third-order valence-corrected chi connectivity index (χ3v) is 8.01. The summed E-state index contributed by atoms with van der Waals surface area (Å²) in [5.41, 5.74) is 1.12. The van der Waals surface area contributed by atoms with Crippen LogP contribution in [-0.2, 0) is 18.9 Å². The number of nitrogens with zero attached hydrogens (tertiary/aromatic N) is 2. The highest BCUT2D eigenvalue weighted by molar-refractivity contribution is 5.69. The number of amides is 1. The predicted octanol–water partition coefficient (Wildman–Crippen LogP) is 2.45. The fraction of sp³-hybridized carbons (Fsp3) is 0.870. The Labute approximate surface area is 179 Å². The second kappa shape index (κ2) is 6.92. The molecule has 0 unspecified atom stereocenters. The molecule has 1 aliphatic carbocycles. The first-order valence-electron chi connectivity index (χ1n) is 11.3. The van der Waals surface area contributed by atoms with E-state index in [4.69, 9.17) is 18.9 Å². The maximum Gasteiger partial charge on any atom is 0.410 e. The van der Waals surface area contributed by atoms with Crippen molar-refractivity contribution in [2.24, 2.45) is 11.3 Å². The zero-order chi connectivity index (χ0) is 21.3. The minimum atomic E-state index is -0.300. The van der Waals surface area contributed by atoms with Crippen LogP contribution in [-0.4, -0.2) is 92.4 Å². The molecule has 1 saturated carbocycles. The molecular weight excluding hydrogens is 384 g/mol. The van der Waals surface area contributed by atoms with Crippen LogP contribution >= 0.6 is 0 Å². The molecule has 7 nitrogen and oxygen atoms in total. The fourth-order valence-corrected chi connectivity index (χ4v) is 6.47. The van der Waals surface area contributed by atoms with Gasteiger partial charge in [0.1, 0.15) is 23.4 Å². The molecule has 30 heavy (non-hydrogen) atoms. The van der Waals surface area contributed by atoms with Gasteiger partial charge in [0.25, 0.3) is 0 Å². The summed E-state index contributed by atoms with van der Waals surface area (Å²) < 4.78 is 24.2. The van der Waals surface area contributed by atoms with Crippen LogP contribution in [0.1, 0.15) is 40.0 Å². The Balaban J connectivity index is 1.25. The largest absolute Gasteiger partial charge is 0.443 e. The lowest BCUT2D eigenvalue weighted by Gasteiger charge is -2.59. The van der Waals surface area contributed by atoms with E-state index in [-0.39, 0.29) is 41.5 Å². The molecule has 0 radical (unpaired) electrons. The summed E-state index contributed by atoms with van der Waals surface area (Å²) >= 11 is 0. The van der Waals surface area contributed by atoms with Gasteiger partial charge < -0.3 is 28.7 Å². The number of hydrogen-bond acceptors (Lipinski definition) is 6. The molecule has 4 heterocycles. The summed E-state index contributed by atoms with van der Waals surface area (Å²) in [5, 5.41) is 0. The lowest BCUT2D eigenvalue weighted by atomic mass is 9.68. The number of likely N-dealkylation sites (tertiary alicyclic amines) is 2. The van der Waals surface area contributed by atoms with Crippen LogP contribution in [0.15, 0.2) is 11.6 Å². The van der Waals surface area contributed by atoms with Crippen molar-refractivity contribution >= 4 is 6.09 Å².